The Labute approximate surface area is 148 Å². The van der Waals surface area contributed by atoms with Crippen molar-refractivity contribution in [1.29, 1.82) is 0 Å². The van der Waals surface area contributed by atoms with Crippen molar-refractivity contribution in [1.82, 2.24) is 14.4 Å². The molecule has 0 bridgehead atoms. The zero-order valence-corrected chi connectivity index (χ0v) is 15.1. The van der Waals surface area contributed by atoms with Gasteiger partial charge in [-0.15, -0.1) is 0 Å². The smallest absolute Gasteiger partial charge is 0.263 e. The molecule has 0 unspecified atom stereocenters. The van der Waals surface area contributed by atoms with Crippen LogP contribution in [0.4, 0.5) is 0 Å². The summed E-state index contributed by atoms with van der Waals surface area (Å²) in [6.07, 6.45) is 5.18. The first-order valence-electron chi connectivity index (χ1n) is 9.21. The van der Waals surface area contributed by atoms with Gasteiger partial charge in [-0.25, -0.2) is 0 Å². The topological polar surface area (TPSA) is 62.6 Å². The lowest BCUT2D eigenvalue weighted by atomic mass is 9.92. The normalized spacial score (nSPS) is 19.9. The molecule has 2 aliphatic rings. The highest BCUT2D eigenvalue weighted by molar-refractivity contribution is 5.94. The van der Waals surface area contributed by atoms with Crippen LogP contribution in [-0.2, 0) is 11.8 Å². The van der Waals surface area contributed by atoms with Crippen molar-refractivity contribution in [2.24, 2.45) is 18.9 Å². The maximum absolute atomic E-state index is 12.7. The Kier molecular flexibility index (Phi) is 5.25. The summed E-state index contributed by atoms with van der Waals surface area (Å²) in [5.74, 6) is 0.738. The Morgan fingerprint density at radius 3 is 2.24 bits per heavy atom. The van der Waals surface area contributed by atoms with Crippen molar-refractivity contribution in [2.45, 2.75) is 32.6 Å². The number of aromatic nitrogens is 1. The van der Waals surface area contributed by atoms with Crippen LogP contribution in [0.3, 0.4) is 0 Å². The van der Waals surface area contributed by atoms with Crippen molar-refractivity contribution in [3.63, 3.8) is 0 Å². The number of carbonyl (C=O) groups excluding carboxylic acids is 2. The van der Waals surface area contributed by atoms with Crippen LogP contribution in [0.15, 0.2) is 23.1 Å². The van der Waals surface area contributed by atoms with E-state index in [1.807, 2.05) is 4.90 Å². The number of amides is 2. The van der Waals surface area contributed by atoms with Gasteiger partial charge in [0.2, 0.25) is 5.91 Å². The number of pyridine rings is 1. The third-order valence-corrected chi connectivity index (χ3v) is 5.58. The molecule has 2 aliphatic heterocycles. The van der Waals surface area contributed by atoms with Gasteiger partial charge in [0.1, 0.15) is 5.56 Å². The van der Waals surface area contributed by atoms with Gasteiger partial charge < -0.3 is 14.4 Å². The fourth-order valence-corrected chi connectivity index (χ4v) is 3.75. The summed E-state index contributed by atoms with van der Waals surface area (Å²) in [7, 11) is 1.64. The molecule has 25 heavy (non-hydrogen) atoms. The zero-order valence-electron chi connectivity index (χ0n) is 15.1. The van der Waals surface area contributed by atoms with E-state index >= 15 is 0 Å². The molecular formula is C19H27N3O3. The Hall–Kier alpha value is -2.11. The van der Waals surface area contributed by atoms with Crippen LogP contribution in [0.2, 0.25) is 0 Å². The Morgan fingerprint density at radius 2 is 1.60 bits per heavy atom. The molecule has 6 nitrogen and oxygen atoms in total. The average Bonchev–Trinajstić information content (AvgIpc) is 2.64. The molecule has 0 aromatic carbocycles. The van der Waals surface area contributed by atoms with E-state index in [9.17, 15) is 14.4 Å². The van der Waals surface area contributed by atoms with Crippen LogP contribution < -0.4 is 5.56 Å². The number of hydrogen-bond acceptors (Lipinski definition) is 3. The Bertz CT molecular complexity index is 696. The molecule has 0 radical (unpaired) electrons. The largest absolute Gasteiger partial charge is 0.342 e. The minimum absolute atomic E-state index is 0.0102. The summed E-state index contributed by atoms with van der Waals surface area (Å²) in [5.41, 5.74) is -0.0621. The minimum Gasteiger partial charge on any atom is -0.342 e. The molecule has 0 aliphatic carbocycles. The van der Waals surface area contributed by atoms with Gasteiger partial charge in [0.05, 0.1) is 0 Å². The van der Waals surface area contributed by atoms with E-state index in [2.05, 4.69) is 6.92 Å². The molecule has 0 spiro atoms. The molecule has 2 amide bonds. The van der Waals surface area contributed by atoms with Gasteiger partial charge in [-0.1, -0.05) is 6.92 Å². The van der Waals surface area contributed by atoms with E-state index in [1.54, 1.807) is 30.3 Å². The van der Waals surface area contributed by atoms with E-state index in [0.717, 1.165) is 25.9 Å². The van der Waals surface area contributed by atoms with Gasteiger partial charge in [0.15, 0.2) is 0 Å². The molecule has 1 aromatic heterocycles. The van der Waals surface area contributed by atoms with E-state index in [-0.39, 0.29) is 28.9 Å². The summed E-state index contributed by atoms with van der Waals surface area (Å²) in [6.45, 7) is 5.03. The van der Waals surface area contributed by atoms with E-state index < -0.39 is 0 Å². The molecule has 0 saturated carbocycles. The molecule has 136 valence electrons. The first-order chi connectivity index (χ1) is 12.0. The summed E-state index contributed by atoms with van der Waals surface area (Å²) in [5, 5.41) is 0. The highest BCUT2D eigenvalue weighted by atomic mass is 16.2. The lowest BCUT2D eigenvalue weighted by molar-refractivity contribution is -0.138. The average molecular weight is 345 g/mol. The third-order valence-electron chi connectivity index (χ3n) is 5.58. The number of nitrogens with zero attached hydrogens (tertiary/aromatic N) is 3. The molecule has 3 heterocycles. The van der Waals surface area contributed by atoms with Gasteiger partial charge in [0, 0.05) is 45.3 Å². The lowest BCUT2D eigenvalue weighted by Crippen LogP contribution is -2.47. The summed E-state index contributed by atoms with van der Waals surface area (Å²) < 4.78 is 1.42. The predicted molar refractivity (Wildman–Crippen MR) is 95.3 cm³/mol. The van der Waals surface area contributed by atoms with E-state index in [1.165, 1.54) is 4.57 Å². The van der Waals surface area contributed by atoms with Crippen LogP contribution in [0.5, 0.6) is 0 Å². The molecule has 3 rings (SSSR count). The van der Waals surface area contributed by atoms with Crippen molar-refractivity contribution in [3.05, 3.63) is 34.2 Å². The number of aryl methyl sites for hydroxylation is 1. The molecule has 6 heteroatoms. The van der Waals surface area contributed by atoms with Crippen LogP contribution in [0.1, 0.15) is 43.0 Å². The molecule has 2 saturated heterocycles. The molecule has 0 N–H and O–H groups in total. The van der Waals surface area contributed by atoms with Crippen LogP contribution in [0, 0.1) is 11.8 Å². The van der Waals surface area contributed by atoms with Gasteiger partial charge in [-0.3, -0.25) is 14.4 Å². The number of rotatable bonds is 2. The fraction of sp³-hybridized carbons (Fsp3) is 0.632. The standard InChI is InChI=1S/C19H27N3O3/c1-14-5-10-21(11-6-14)17(23)15-7-12-22(13-8-15)19(25)16-4-3-9-20(2)18(16)24/h3-4,9,14-15H,5-8,10-13H2,1-2H3. The summed E-state index contributed by atoms with van der Waals surface area (Å²) in [6, 6.07) is 3.29. The highest BCUT2D eigenvalue weighted by Crippen LogP contribution is 2.24. The van der Waals surface area contributed by atoms with Crippen LogP contribution in [-0.4, -0.2) is 52.4 Å². The van der Waals surface area contributed by atoms with Gasteiger partial charge in [-0.05, 0) is 43.7 Å². The second-order valence-electron chi connectivity index (χ2n) is 7.41. The number of piperidine rings is 2. The minimum atomic E-state index is -0.270. The third kappa shape index (κ3) is 3.78. The van der Waals surface area contributed by atoms with Crippen molar-refractivity contribution >= 4 is 11.8 Å². The van der Waals surface area contributed by atoms with Crippen LogP contribution in [0.25, 0.3) is 0 Å². The molecule has 1 aromatic rings. The molecule has 0 atom stereocenters. The highest BCUT2D eigenvalue weighted by Gasteiger charge is 2.32. The summed E-state index contributed by atoms with van der Waals surface area (Å²) in [4.78, 5) is 41.1. The monoisotopic (exact) mass is 345 g/mol. The van der Waals surface area contributed by atoms with Gasteiger partial charge >= 0.3 is 0 Å². The van der Waals surface area contributed by atoms with Crippen molar-refractivity contribution in [3.8, 4) is 0 Å². The maximum Gasteiger partial charge on any atom is 0.263 e. The predicted octanol–water partition coefficient (Wildman–Crippen LogP) is 1.50. The van der Waals surface area contributed by atoms with Crippen molar-refractivity contribution in [2.75, 3.05) is 26.2 Å². The number of likely N-dealkylation sites (tertiary alicyclic amines) is 2. The Morgan fingerprint density at radius 1 is 1.00 bits per heavy atom. The SMILES string of the molecule is CC1CCN(C(=O)C2CCN(C(=O)c3cccn(C)c3=O)CC2)CC1. The fourth-order valence-electron chi connectivity index (χ4n) is 3.75. The van der Waals surface area contributed by atoms with Gasteiger partial charge in [0.25, 0.3) is 11.5 Å². The quantitative estimate of drug-likeness (QED) is 0.816. The first-order valence-corrected chi connectivity index (χ1v) is 9.21. The summed E-state index contributed by atoms with van der Waals surface area (Å²) >= 11 is 0. The van der Waals surface area contributed by atoms with Crippen LogP contribution >= 0.6 is 0 Å². The number of hydrogen-bond donors (Lipinski definition) is 0. The zero-order chi connectivity index (χ0) is 18.0. The van der Waals surface area contributed by atoms with Gasteiger partial charge in [-0.2, -0.15) is 0 Å². The molecule has 2 fully saturated rings. The van der Waals surface area contributed by atoms with E-state index in [4.69, 9.17) is 0 Å². The first kappa shape index (κ1) is 17.7. The lowest BCUT2D eigenvalue weighted by Gasteiger charge is -2.36. The second kappa shape index (κ2) is 7.42. The van der Waals surface area contributed by atoms with Crippen molar-refractivity contribution < 1.29 is 9.59 Å². The second-order valence-corrected chi connectivity index (χ2v) is 7.41. The van der Waals surface area contributed by atoms with E-state index in [0.29, 0.717) is 31.8 Å². The number of carbonyl (C=O) groups is 2. The Balaban J connectivity index is 1.58. The molecular weight excluding hydrogens is 318 g/mol. The maximum atomic E-state index is 12.7.